The topological polar surface area (TPSA) is 78.6 Å². The second-order valence-electron chi connectivity index (χ2n) is 8.25. The van der Waals surface area contributed by atoms with Crippen LogP contribution in [0.5, 0.6) is 11.5 Å². The highest BCUT2D eigenvalue weighted by Crippen LogP contribution is 2.28. The first-order chi connectivity index (χ1) is 17.8. The first-order valence-electron chi connectivity index (χ1n) is 11.2. The molecular formula is C27H24F2N4O4. The monoisotopic (exact) mass is 506 g/mol. The molecule has 0 unspecified atom stereocenters. The fourth-order valence-corrected chi connectivity index (χ4v) is 3.45. The number of nitrogens with zero attached hydrogens (tertiary/aromatic N) is 4. The number of benzene rings is 2. The third kappa shape index (κ3) is 5.75. The molecule has 190 valence electrons. The Morgan fingerprint density at radius 2 is 1.73 bits per heavy atom. The molecule has 4 aromatic rings. The highest BCUT2D eigenvalue weighted by Gasteiger charge is 2.19. The van der Waals surface area contributed by atoms with Crippen LogP contribution in [0.25, 0.3) is 11.4 Å². The highest BCUT2D eigenvalue weighted by molar-refractivity contribution is 6.03. The third-order valence-corrected chi connectivity index (χ3v) is 5.32. The van der Waals surface area contributed by atoms with Crippen molar-refractivity contribution in [3.8, 4) is 22.9 Å². The van der Waals surface area contributed by atoms with Crippen LogP contribution in [0.2, 0.25) is 0 Å². The van der Waals surface area contributed by atoms with Gasteiger partial charge in [0.1, 0.15) is 18.0 Å². The molecule has 0 N–H and O–H groups in total. The van der Waals surface area contributed by atoms with Crippen molar-refractivity contribution in [3.63, 3.8) is 0 Å². The third-order valence-electron chi connectivity index (χ3n) is 5.32. The molecule has 0 saturated carbocycles. The first-order valence-corrected chi connectivity index (χ1v) is 11.2. The maximum atomic E-state index is 13.7. The van der Waals surface area contributed by atoms with Crippen LogP contribution in [-0.2, 0) is 6.61 Å². The van der Waals surface area contributed by atoms with Gasteiger partial charge in [-0.1, -0.05) is 30.3 Å². The molecule has 2 heterocycles. The zero-order valence-electron chi connectivity index (χ0n) is 20.4. The molecular weight excluding hydrogens is 482 g/mol. The van der Waals surface area contributed by atoms with Crippen molar-refractivity contribution in [2.75, 3.05) is 21.2 Å². The van der Waals surface area contributed by atoms with Crippen LogP contribution in [0.15, 0.2) is 84.2 Å². The number of carbonyl (C=O) groups excluding carboxylic acids is 1. The summed E-state index contributed by atoms with van der Waals surface area (Å²) >= 11 is 0. The number of methoxy groups -OCH3 is 1. The Morgan fingerprint density at radius 1 is 1.03 bits per heavy atom. The Kier molecular flexibility index (Phi) is 7.47. The van der Waals surface area contributed by atoms with Crippen molar-refractivity contribution in [2.45, 2.75) is 6.61 Å². The van der Waals surface area contributed by atoms with Gasteiger partial charge in [0.15, 0.2) is 23.1 Å². The van der Waals surface area contributed by atoms with Crippen molar-refractivity contribution in [1.29, 1.82) is 0 Å². The minimum atomic E-state index is -0.989. The predicted molar refractivity (Wildman–Crippen MR) is 134 cm³/mol. The van der Waals surface area contributed by atoms with Crippen LogP contribution >= 0.6 is 0 Å². The predicted octanol–water partition coefficient (Wildman–Crippen LogP) is 4.15. The van der Waals surface area contributed by atoms with Gasteiger partial charge >= 0.3 is 0 Å². The smallest absolute Gasteiger partial charge is 0.253 e. The minimum Gasteiger partial charge on any atom is -0.491 e. The van der Waals surface area contributed by atoms with E-state index in [2.05, 4.69) is 5.10 Å². The van der Waals surface area contributed by atoms with E-state index in [1.54, 1.807) is 37.2 Å². The normalized spacial score (nSPS) is 11.1. The van der Waals surface area contributed by atoms with Gasteiger partial charge in [0.25, 0.3) is 5.43 Å². The zero-order chi connectivity index (χ0) is 26.5. The fourth-order valence-electron chi connectivity index (χ4n) is 3.45. The number of ketones is 1. The van der Waals surface area contributed by atoms with Crippen LogP contribution in [0.1, 0.15) is 16.1 Å². The zero-order valence-corrected chi connectivity index (χ0v) is 20.4. The minimum absolute atomic E-state index is 0.0933. The van der Waals surface area contributed by atoms with Gasteiger partial charge in [-0.3, -0.25) is 9.59 Å². The number of carbonyl (C=O) groups is 1. The molecule has 0 atom stereocenters. The van der Waals surface area contributed by atoms with Gasteiger partial charge in [-0.2, -0.15) is 5.10 Å². The molecule has 0 aliphatic heterocycles. The quantitative estimate of drug-likeness (QED) is 0.251. The van der Waals surface area contributed by atoms with E-state index in [9.17, 15) is 18.4 Å². The second kappa shape index (κ2) is 10.9. The van der Waals surface area contributed by atoms with Crippen LogP contribution in [0.4, 0.5) is 8.78 Å². The summed E-state index contributed by atoms with van der Waals surface area (Å²) in [6.07, 6.45) is 6.11. The van der Waals surface area contributed by atoms with Crippen molar-refractivity contribution < 1.29 is 23.0 Å². The molecule has 0 fully saturated rings. The maximum Gasteiger partial charge on any atom is 0.253 e. The van der Waals surface area contributed by atoms with Gasteiger partial charge in [-0.25, -0.2) is 13.5 Å². The molecule has 0 aliphatic rings. The summed E-state index contributed by atoms with van der Waals surface area (Å²) in [7, 11) is 4.79. The van der Waals surface area contributed by atoms with Crippen molar-refractivity contribution in [2.24, 2.45) is 0 Å². The standard InChI is InChI=1S/C27H24F2N4O4/c1-31(2)12-11-23(34)26-27(35)25(36-3)16-33(30-26)22-10-9-19(32-14-20(28)21(29)15-32)13-24(22)37-17-18-7-5-4-6-8-18/h4-16H,17H2,1-3H3/b12-11+. The summed E-state index contributed by atoms with van der Waals surface area (Å²) in [4.78, 5) is 27.2. The largest absolute Gasteiger partial charge is 0.491 e. The number of aromatic nitrogens is 3. The van der Waals surface area contributed by atoms with Gasteiger partial charge in [-0.05, 0) is 17.7 Å². The van der Waals surface area contributed by atoms with Crippen LogP contribution < -0.4 is 14.9 Å². The van der Waals surface area contributed by atoms with E-state index in [0.717, 1.165) is 18.0 Å². The van der Waals surface area contributed by atoms with E-state index >= 15 is 0 Å². The van der Waals surface area contributed by atoms with Crippen molar-refractivity contribution in [3.05, 3.63) is 113 Å². The van der Waals surface area contributed by atoms with E-state index in [1.807, 2.05) is 30.3 Å². The summed E-state index contributed by atoms with van der Waals surface area (Å²) in [5, 5.41) is 4.26. The van der Waals surface area contributed by atoms with Crippen molar-refractivity contribution in [1.82, 2.24) is 19.2 Å². The lowest BCUT2D eigenvalue weighted by atomic mass is 10.2. The first kappa shape index (κ1) is 25.4. The molecule has 2 aromatic heterocycles. The lowest BCUT2D eigenvalue weighted by molar-refractivity contribution is 0.103. The molecule has 0 amide bonds. The lowest BCUT2D eigenvalue weighted by Crippen LogP contribution is -2.22. The molecule has 4 rings (SSSR count). The molecule has 0 saturated heterocycles. The summed E-state index contributed by atoms with van der Waals surface area (Å²) in [6.45, 7) is 0.181. The summed E-state index contributed by atoms with van der Waals surface area (Å²) in [5.41, 5.74) is 0.676. The van der Waals surface area contributed by atoms with Gasteiger partial charge in [0.05, 0.1) is 13.3 Å². The van der Waals surface area contributed by atoms with E-state index < -0.39 is 22.8 Å². The lowest BCUT2D eigenvalue weighted by Gasteiger charge is -2.16. The molecule has 0 bridgehead atoms. The number of rotatable bonds is 9. The molecule has 0 aliphatic carbocycles. The summed E-state index contributed by atoms with van der Waals surface area (Å²) in [6, 6.07) is 14.2. The number of allylic oxidation sites excluding steroid dienone is 1. The molecule has 0 spiro atoms. The average Bonchev–Trinajstić information content (AvgIpc) is 3.24. The van der Waals surface area contributed by atoms with Gasteiger partial charge < -0.3 is 18.9 Å². The van der Waals surface area contributed by atoms with Gasteiger partial charge in [0, 0.05) is 50.5 Å². The molecule has 8 nitrogen and oxygen atoms in total. The van der Waals surface area contributed by atoms with E-state index in [-0.39, 0.29) is 23.8 Å². The molecule has 10 heteroatoms. The Hall–Kier alpha value is -4.73. The van der Waals surface area contributed by atoms with E-state index in [1.165, 1.54) is 34.8 Å². The van der Waals surface area contributed by atoms with Gasteiger partial charge in [-0.15, -0.1) is 0 Å². The average molecular weight is 507 g/mol. The Bertz CT molecular complexity index is 1490. The fraction of sp³-hybridized carbons (Fsp3) is 0.148. The molecule has 0 radical (unpaired) electrons. The number of ether oxygens (including phenoxy) is 2. The number of hydrogen-bond donors (Lipinski definition) is 0. The summed E-state index contributed by atoms with van der Waals surface area (Å²) < 4.78 is 41.2. The maximum absolute atomic E-state index is 13.7. The Morgan fingerprint density at radius 3 is 2.38 bits per heavy atom. The van der Waals surface area contributed by atoms with Crippen LogP contribution in [0, 0.1) is 11.6 Å². The highest BCUT2D eigenvalue weighted by atomic mass is 19.2. The number of halogens is 2. The Labute approximate surface area is 211 Å². The summed E-state index contributed by atoms with van der Waals surface area (Å²) in [5.74, 6) is -2.39. The molecule has 37 heavy (non-hydrogen) atoms. The van der Waals surface area contributed by atoms with E-state index in [0.29, 0.717) is 11.4 Å². The van der Waals surface area contributed by atoms with Gasteiger partial charge in [0.2, 0.25) is 5.78 Å². The van der Waals surface area contributed by atoms with E-state index in [4.69, 9.17) is 9.47 Å². The SMILES string of the molecule is COc1cn(-c2ccc(-n3cc(F)c(F)c3)cc2OCc2ccccc2)nc(C(=O)/C=C/N(C)C)c1=O. The number of hydrogen-bond acceptors (Lipinski definition) is 6. The van der Waals surface area contributed by atoms with Crippen LogP contribution in [0.3, 0.4) is 0 Å². The van der Waals surface area contributed by atoms with Crippen molar-refractivity contribution >= 4 is 5.78 Å². The second-order valence-corrected chi connectivity index (χ2v) is 8.25. The van der Waals surface area contributed by atoms with Crippen LogP contribution in [-0.4, -0.2) is 46.2 Å². The Balaban J connectivity index is 1.82. The molecule has 2 aromatic carbocycles.